The molecular formula is C23H27ClN4O2. The van der Waals surface area contributed by atoms with Crippen molar-refractivity contribution in [3.63, 3.8) is 0 Å². The summed E-state index contributed by atoms with van der Waals surface area (Å²) in [5.41, 5.74) is 2.81. The number of methoxy groups -OCH3 is 1. The number of rotatable bonds is 5. The predicted octanol–water partition coefficient (Wildman–Crippen LogP) is 3.27. The lowest BCUT2D eigenvalue weighted by molar-refractivity contribution is -0.134. The van der Waals surface area contributed by atoms with E-state index in [9.17, 15) is 4.79 Å². The summed E-state index contributed by atoms with van der Waals surface area (Å²) in [5, 5.41) is 7.11. The van der Waals surface area contributed by atoms with Gasteiger partial charge in [0.05, 0.1) is 25.4 Å². The highest BCUT2D eigenvalue weighted by Gasteiger charge is 2.34. The number of halogens is 1. The van der Waals surface area contributed by atoms with E-state index in [4.69, 9.17) is 21.4 Å². The first-order valence-electron chi connectivity index (χ1n) is 10.2. The van der Waals surface area contributed by atoms with Gasteiger partial charge in [-0.15, -0.1) is 0 Å². The SMILES string of the molecule is COc1ccccc1C1=NN(C(=O)CN2CCN(C)CC2)C(c2ccc(Cl)cc2)C1. The number of hydrazone groups is 1. The highest BCUT2D eigenvalue weighted by atomic mass is 35.5. The number of ether oxygens (including phenoxy) is 1. The van der Waals surface area contributed by atoms with Crippen LogP contribution in [0.15, 0.2) is 53.6 Å². The number of benzene rings is 2. The number of hydrogen-bond acceptors (Lipinski definition) is 5. The van der Waals surface area contributed by atoms with Gasteiger partial charge in [-0.05, 0) is 36.9 Å². The lowest BCUT2D eigenvalue weighted by Crippen LogP contribution is -2.48. The van der Waals surface area contributed by atoms with Crippen LogP contribution in [0.3, 0.4) is 0 Å². The summed E-state index contributed by atoms with van der Waals surface area (Å²) in [6.45, 7) is 4.11. The van der Waals surface area contributed by atoms with E-state index in [0.717, 1.165) is 48.8 Å². The van der Waals surface area contributed by atoms with Crippen LogP contribution in [0.1, 0.15) is 23.6 Å². The van der Waals surface area contributed by atoms with Gasteiger partial charge in [0, 0.05) is 43.2 Å². The number of hydrogen-bond donors (Lipinski definition) is 0. The van der Waals surface area contributed by atoms with Crippen LogP contribution in [0.25, 0.3) is 0 Å². The third-order valence-corrected chi connectivity index (χ3v) is 6.05. The molecule has 0 spiro atoms. The predicted molar refractivity (Wildman–Crippen MR) is 119 cm³/mol. The minimum Gasteiger partial charge on any atom is -0.496 e. The zero-order valence-corrected chi connectivity index (χ0v) is 18.2. The van der Waals surface area contributed by atoms with Crippen molar-refractivity contribution in [2.75, 3.05) is 46.9 Å². The molecule has 1 fully saturated rings. The van der Waals surface area contributed by atoms with Gasteiger partial charge >= 0.3 is 0 Å². The largest absolute Gasteiger partial charge is 0.496 e. The van der Waals surface area contributed by atoms with Crippen molar-refractivity contribution in [1.29, 1.82) is 0 Å². The Hall–Kier alpha value is -2.41. The van der Waals surface area contributed by atoms with E-state index in [0.29, 0.717) is 18.0 Å². The van der Waals surface area contributed by atoms with Gasteiger partial charge in [0.15, 0.2) is 0 Å². The van der Waals surface area contributed by atoms with Crippen molar-refractivity contribution in [1.82, 2.24) is 14.8 Å². The second-order valence-electron chi connectivity index (χ2n) is 7.84. The molecule has 1 saturated heterocycles. The molecule has 2 aromatic rings. The van der Waals surface area contributed by atoms with Gasteiger partial charge < -0.3 is 9.64 Å². The van der Waals surface area contributed by atoms with Gasteiger partial charge in [0.25, 0.3) is 5.91 Å². The molecule has 0 aromatic heterocycles. The molecule has 0 radical (unpaired) electrons. The highest BCUT2D eigenvalue weighted by Crippen LogP contribution is 2.35. The van der Waals surface area contributed by atoms with E-state index < -0.39 is 0 Å². The van der Waals surface area contributed by atoms with E-state index in [1.54, 1.807) is 12.1 Å². The fraction of sp³-hybridized carbons (Fsp3) is 0.391. The number of carbonyl (C=O) groups is 1. The second kappa shape index (κ2) is 9.16. The summed E-state index contributed by atoms with van der Waals surface area (Å²) >= 11 is 6.09. The van der Waals surface area contributed by atoms with Crippen LogP contribution in [-0.4, -0.2) is 73.3 Å². The van der Waals surface area contributed by atoms with Crippen LogP contribution in [-0.2, 0) is 4.79 Å². The molecular weight excluding hydrogens is 400 g/mol. The highest BCUT2D eigenvalue weighted by molar-refractivity contribution is 6.30. The van der Waals surface area contributed by atoms with Crippen LogP contribution < -0.4 is 4.74 Å². The van der Waals surface area contributed by atoms with E-state index in [-0.39, 0.29) is 11.9 Å². The summed E-state index contributed by atoms with van der Waals surface area (Å²) < 4.78 is 5.53. The van der Waals surface area contributed by atoms with Crippen LogP contribution in [0.2, 0.25) is 5.02 Å². The van der Waals surface area contributed by atoms with E-state index in [1.165, 1.54) is 0 Å². The van der Waals surface area contributed by atoms with E-state index in [2.05, 4.69) is 16.8 Å². The summed E-state index contributed by atoms with van der Waals surface area (Å²) in [6.07, 6.45) is 0.635. The smallest absolute Gasteiger partial charge is 0.257 e. The number of para-hydroxylation sites is 1. The van der Waals surface area contributed by atoms with Crippen molar-refractivity contribution in [3.8, 4) is 5.75 Å². The molecule has 2 heterocycles. The Kier molecular flexibility index (Phi) is 6.37. The fourth-order valence-electron chi connectivity index (χ4n) is 4.00. The first-order valence-corrected chi connectivity index (χ1v) is 10.6. The van der Waals surface area contributed by atoms with E-state index >= 15 is 0 Å². The average molecular weight is 427 g/mol. The Labute approximate surface area is 182 Å². The van der Waals surface area contributed by atoms with E-state index in [1.807, 2.05) is 48.5 Å². The Bertz CT molecular complexity index is 923. The number of likely N-dealkylation sites (N-methyl/N-ethyl adjacent to an activating group) is 1. The molecule has 7 heteroatoms. The second-order valence-corrected chi connectivity index (χ2v) is 8.27. The Morgan fingerprint density at radius 1 is 1.10 bits per heavy atom. The normalized spacial score (nSPS) is 20.3. The molecule has 0 N–H and O–H groups in total. The van der Waals surface area contributed by atoms with Gasteiger partial charge in [0.2, 0.25) is 0 Å². The first kappa shape index (κ1) is 20.8. The fourth-order valence-corrected chi connectivity index (χ4v) is 4.13. The standard InChI is InChI=1S/C23H27ClN4O2/c1-26-11-13-27(14-12-26)16-23(29)28-21(17-7-9-18(24)10-8-17)15-20(25-28)19-5-3-4-6-22(19)30-2/h3-10,21H,11-16H2,1-2H3. The van der Waals surface area contributed by atoms with Crippen molar-refractivity contribution >= 4 is 23.2 Å². The number of piperazine rings is 1. The van der Waals surface area contributed by atoms with Gasteiger partial charge in [-0.2, -0.15) is 5.10 Å². The maximum Gasteiger partial charge on any atom is 0.257 e. The number of amides is 1. The minimum atomic E-state index is -0.151. The van der Waals surface area contributed by atoms with Gasteiger partial charge in [0.1, 0.15) is 5.75 Å². The molecule has 0 aliphatic carbocycles. The van der Waals surface area contributed by atoms with Gasteiger partial charge in [-0.3, -0.25) is 9.69 Å². The molecule has 0 bridgehead atoms. The number of carbonyl (C=O) groups excluding carboxylic acids is 1. The molecule has 6 nitrogen and oxygen atoms in total. The van der Waals surface area contributed by atoms with Crippen LogP contribution in [0, 0.1) is 0 Å². The van der Waals surface area contributed by atoms with Crippen LogP contribution >= 0.6 is 11.6 Å². The zero-order valence-electron chi connectivity index (χ0n) is 17.4. The Balaban J connectivity index is 1.61. The summed E-state index contributed by atoms with van der Waals surface area (Å²) in [4.78, 5) is 17.8. The van der Waals surface area contributed by atoms with Crippen molar-refractivity contribution in [3.05, 3.63) is 64.7 Å². The van der Waals surface area contributed by atoms with Crippen molar-refractivity contribution in [2.24, 2.45) is 5.10 Å². The molecule has 158 valence electrons. The van der Waals surface area contributed by atoms with Crippen molar-refractivity contribution in [2.45, 2.75) is 12.5 Å². The summed E-state index contributed by atoms with van der Waals surface area (Å²) in [7, 11) is 3.77. The third kappa shape index (κ3) is 4.51. The Morgan fingerprint density at radius 2 is 1.80 bits per heavy atom. The molecule has 1 atom stereocenters. The van der Waals surface area contributed by atoms with Gasteiger partial charge in [-0.25, -0.2) is 5.01 Å². The lowest BCUT2D eigenvalue weighted by atomic mass is 9.98. The molecule has 30 heavy (non-hydrogen) atoms. The van der Waals surface area contributed by atoms with Crippen LogP contribution in [0.5, 0.6) is 5.75 Å². The lowest BCUT2D eigenvalue weighted by Gasteiger charge is -2.33. The molecule has 4 rings (SSSR count). The molecule has 2 aliphatic rings. The zero-order chi connectivity index (χ0) is 21.1. The third-order valence-electron chi connectivity index (χ3n) is 5.79. The van der Waals surface area contributed by atoms with Gasteiger partial charge in [-0.1, -0.05) is 35.9 Å². The topological polar surface area (TPSA) is 48.4 Å². The molecule has 2 aromatic carbocycles. The quantitative estimate of drug-likeness (QED) is 0.736. The maximum absolute atomic E-state index is 13.3. The van der Waals surface area contributed by atoms with Crippen LogP contribution in [0.4, 0.5) is 0 Å². The minimum absolute atomic E-state index is 0.0180. The number of nitrogens with zero attached hydrogens (tertiary/aromatic N) is 4. The molecule has 1 unspecified atom stereocenters. The Morgan fingerprint density at radius 3 is 2.50 bits per heavy atom. The summed E-state index contributed by atoms with van der Waals surface area (Å²) in [5.74, 6) is 0.781. The summed E-state index contributed by atoms with van der Waals surface area (Å²) in [6, 6.07) is 15.3. The first-order chi connectivity index (χ1) is 14.5. The van der Waals surface area contributed by atoms with Crippen molar-refractivity contribution < 1.29 is 9.53 Å². The monoisotopic (exact) mass is 426 g/mol. The molecule has 1 amide bonds. The molecule has 0 saturated carbocycles. The molecule has 2 aliphatic heterocycles. The maximum atomic E-state index is 13.3. The average Bonchev–Trinajstić information content (AvgIpc) is 3.21.